The molecule has 6 nitrogen and oxygen atoms in total. The van der Waals surface area contributed by atoms with Crippen LogP contribution < -0.4 is 10.2 Å². The maximum Gasteiger partial charge on any atom is 0.257 e. The highest BCUT2D eigenvalue weighted by atomic mass is 32.2. The molecule has 0 saturated carbocycles. The van der Waals surface area contributed by atoms with Gasteiger partial charge in [0.05, 0.1) is 12.0 Å². The van der Waals surface area contributed by atoms with Gasteiger partial charge in [-0.1, -0.05) is 66.4 Å². The zero-order valence-corrected chi connectivity index (χ0v) is 19.0. The molecule has 0 radical (unpaired) electrons. The quantitative estimate of drug-likeness (QED) is 0.177. The van der Waals surface area contributed by atoms with E-state index < -0.39 is 0 Å². The summed E-state index contributed by atoms with van der Waals surface area (Å²) in [7, 11) is 0. The minimum Gasteiger partial charge on any atom is -0.489 e. The summed E-state index contributed by atoms with van der Waals surface area (Å²) in [5.74, 6) is 0.688. The molecule has 0 atom stereocenters. The van der Waals surface area contributed by atoms with Gasteiger partial charge in [0.1, 0.15) is 17.9 Å². The maximum atomic E-state index is 12.1. The lowest BCUT2D eigenvalue weighted by Crippen LogP contribution is -2.19. The average Bonchev–Trinajstić information content (AvgIpc) is 3.30. The molecule has 5 rings (SSSR count). The van der Waals surface area contributed by atoms with Crippen LogP contribution in [0.2, 0.25) is 0 Å². The second-order valence-corrected chi connectivity index (χ2v) is 8.45. The van der Waals surface area contributed by atoms with Crippen molar-refractivity contribution in [1.29, 1.82) is 0 Å². The summed E-state index contributed by atoms with van der Waals surface area (Å²) >= 11 is 1.23. The molecule has 1 aromatic heterocycles. The molecule has 1 heterocycles. The Morgan fingerprint density at radius 2 is 1.76 bits per heavy atom. The van der Waals surface area contributed by atoms with Gasteiger partial charge in [0.2, 0.25) is 0 Å². The summed E-state index contributed by atoms with van der Waals surface area (Å²) in [6, 6.07) is 29.5. The lowest BCUT2D eigenvalue weighted by atomic mass is 10.1. The number of nitrogens with one attached hydrogen (secondary N) is 1. The fourth-order valence-electron chi connectivity index (χ4n) is 3.48. The summed E-state index contributed by atoms with van der Waals surface area (Å²) in [5, 5.41) is 6.87. The van der Waals surface area contributed by atoms with Gasteiger partial charge in [0.15, 0.2) is 5.58 Å². The number of carbonyl (C=O) groups excluding carboxylic acids is 1. The fraction of sp³-hybridized carbons (Fsp3) is 0.0741. The van der Waals surface area contributed by atoms with Crippen molar-refractivity contribution in [2.24, 2.45) is 5.10 Å². The second-order valence-electron chi connectivity index (χ2n) is 7.53. The van der Waals surface area contributed by atoms with Crippen LogP contribution in [0.1, 0.15) is 11.1 Å². The number of thioether (sulfide) groups is 1. The van der Waals surface area contributed by atoms with Crippen molar-refractivity contribution in [2.45, 2.75) is 11.8 Å². The van der Waals surface area contributed by atoms with Gasteiger partial charge >= 0.3 is 0 Å². The predicted molar refractivity (Wildman–Crippen MR) is 135 cm³/mol. The molecule has 0 saturated heterocycles. The zero-order chi connectivity index (χ0) is 23.2. The first kappa shape index (κ1) is 21.7. The van der Waals surface area contributed by atoms with E-state index in [9.17, 15) is 4.79 Å². The summed E-state index contributed by atoms with van der Waals surface area (Å²) in [5.41, 5.74) is 5.99. The van der Waals surface area contributed by atoms with Gasteiger partial charge in [0, 0.05) is 0 Å². The van der Waals surface area contributed by atoms with Crippen molar-refractivity contribution in [2.75, 3.05) is 5.75 Å². The van der Waals surface area contributed by atoms with Gasteiger partial charge in [-0.3, -0.25) is 4.79 Å². The topological polar surface area (TPSA) is 76.7 Å². The van der Waals surface area contributed by atoms with Gasteiger partial charge in [-0.25, -0.2) is 10.4 Å². The molecular formula is C27H21N3O3S. The number of carbonyl (C=O) groups is 1. The molecule has 5 aromatic rings. The van der Waals surface area contributed by atoms with Crippen LogP contribution in [-0.4, -0.2) is 22.9 Å². The van der Waals surface area contributed by atoms with Crippen LogP contribution in [0.25, 0.3) is 21.9 Å². The summed E-state index contributed by atoms with van der Waals surface area (Å²) in [4.78, 5) is 16.4. The number of benzene rings is 4. The van der Waals surface area contributed by atoms with Crippen LogP contribution in [0.15, 0.2) is 106 Å². The number of aromatic nitrogens is 1. The number of nitrogens with zero attached hydrogens (tertiary/aromatic N) is 2. The molecule has 0 spiro atoms. The minimum atomic E-state index is -0.237. The highest BCUT2D eigenvalue weighted by Gasteiger charge is 2.08. The van der Waals surface area contributed by atoms with E-state index in [-0.39, 0.29) is 11.7 Å². The van der Waals surface area contributed by atoms with Crippen LogP contribution >= 0.6 is 11.8 Å². The van der Waals surface area contributed by atoms with Gasteiger partial charge in [-0.2, -0.15) is 5.10 Å². The monoisotopic (exact) mass is 467 g/mol. The van der Waals surface area contributed by atoms with Gasteiger partial charge in [0.25, 0.3) is 11.1 Å². The normalized spacial score (nSPS) is 11.3. The van der Waals surface area contributed by atoms with Gasteiger partial charge in [-0.15, -0.1) is 0 Å². The number of hydrogen-bond donors (Lipinski definition) is 1. The lowest BCUT2D eigenvalue weighted by Gasteiger charge is -2.09. The largest absolute Gasteiger partial charge is 0.489 e. The van der Waals surface area contributed by atoms with Crippen molar-refractivity contribution >= 4 is 45.8 Å². The van der Waals surface area contributed by atoms with E-state index in [1.807, 2.05) is 66.7 Å². The summed E-state index contributed by atoms with van der Waals surface area (Å²) < 4.78 is 11.6. The van der Waals surface area contributed by atoms with E-state index >= 15 is 0 Å². The van der Waals surface area contributed by atoms with E-state index in [4.69, 9.17) is 9.15 Å². The SMILES string of the molecule is O=C(CSc1nc2ccccc2o1)N/N=C\c1ccc(OCc2cccc3ccccc23)cc1. The Bertz CT molecular complexity index is 1420. The van der Waals surface area contributed by atoms with Crippen molar-refractivity contribution in [3.05, 3.63) is 102 Å². The van der Waals surface area contributed by atoms with Crippen molar-refractivity contribution in [1.82, 2.24) is 10.4 Å². The number of rotatable bonds is 8. The van der Waals surface area contributed by atoms with Gasteiger partial charge in [-0.05, 0) is 58.3 Å². The Kier molecular flexibility index (Phi) is 6.54. The number of fused-ring (bicyclic) bond motifs is 2. The molecule has 0 unspecified atom stereocenters. The molecular weight excluding hydrogens is 446 g/mol. The second kappa shape index (κ2) is 10.2. The minimum absolute atomic E-state index is 0.158. The molecule has 4 aromatic carbocycles. The highest BCUT2D eigenvalue weighted by Crippen LogP contribution is 2.23. The van der Waals surface area contributed by atoms with Gasteiger partial charge < -0.3 is 9.15 Å². The number of oxazole rings is 1. The first-order valence-electron chi connectivity index (χ1n) is 10.7. The molecule has 0 aliphatic rings. The molecule has 1 N–H and O–H groups in total. The number of hydrazone groups is 1. The smallest absolute Gasteiger partial charge is 0.257 e. The fourth-order valence-corrected chi connectivity index (χ4v) is 4.11. The first-order valence-corrected chi connectivity index (χ1v) is 11.7. The third-order valence-electron chi connectivity index (χ3n) is 5.16. The molecule has 0 aliphatic heterocycles. The number of ether oxygens (including phenoxy) is 1. The molecule has 0 fully saturated rings. The van der Waals surface area contributed by atoms with E-state index in [0.717, 1.165) is 22.4 Å². The van der Waals surface area contributed by atoms with Crippen molar-refractivity contribution < 1.29 is 13.9 Å². The Balaban J connectivity index is 1.10. The summed E-state index contributed by atoms with van der Waals surface area (Å²) in [6.07, 6.45) is 1.59. The maximum absolute atomic E-state index is 12.1. The van der Waals surface area contributed by atoms with Crippen LogP contribution in [0.4, 0.5) is 0 Å². The molecule has 0 bridgehead atoms. The number of hydrogen-bond acceptors (Lipinski definition) is 6. The van der Waals surface area contributed by atoms with E-state index in [1.54, 1.807) is 6.21 Å². The van der Waals surface area contributed by atoms with Crippen LogP contribution in [0, 0.1) is 0 Å². The number of amides is 1. The first-order chi connectivity index (χ1) is 16.7. The molecule has 1 amide bonds. The van der Waals surface area contributed by atoms with E-state index in [0.29, 0.717) is 17.4 Å². The number of para-hydroxylation sites is 2. The zero-order valence-electron chi connectivity index (χ0n) is 18.2. The van der Waals surface area contributed by atoms with Crippen molar-refractivity contribution in [3.8, 4) is 5.75 Å². The molecule has 7 heteroatoms. The third-order valence-corrected chi connectivity index (χ3v) is 5.99. The average molecular weight is 468 g/mol. The predicted octanol–water partition coefficient (Wildman–Crippen LogP) is 5.80. The van der Waals surface area contributed by atoms with E-state index in [1.165, 1.54) is 22.5 Å². The van der Waals surface area contributed by atoms with Crippen LogP contribution in [0.3, 0.4) is 0 Å². The molecule has 34 heavy (non-hydrogen) atoms. The van der Waals surface area contributed by atoms with Crippen LogP contribution in [-0.2, 0) is 11.4 Å². The molecule has 168 valence electrons. The Morgan fingerprint density at radius 1 is 0.971 bits per heavy atom. The summed E-state index contributed by atoms with van der Waals surface area (Å²) in [6.45, 7) is 0.489. The Labute approximate surface area is 200 Å². The van der Waals surface area contributed by atoms with Crippen LogP contribution in [0.5, 0.6) is 5.75 Å². The lowest BCUT2D eigenvalue weighted by molar-refractivity contribution is -0.118. The highest BCUT2D eigenvalue weighted by molar-refractivity contribution is 7.99. The standard InChI is InChI=1S/C27H21N3O3S/c31-26(18-34-27-29-24-10-3-4-11-25(24)33-27)30-28-16-19-12-14-22(15-13-19)32-17-21-8-5-7-20-6-1-2-9-23(20)21/h1-16H,17-18H2,(H,30,31)/b28-16-. The Hall–Kier alpha value is -4.10. The third kappa shape index (κ3) is 5.27. The van der Waals surface area contributed by atoms with Crippen molar-refractivity contribution in [3.63, 3.8) is 0 Å². The van der Waals surface area contributed by atoms with E-state index in [2.05, 4.69) is 39.8 Å². The Morgan fingerprint density at radius 3 is 2.65 bits per heavy atom. The molecule has 0 aliphatic carbocycles.